The monoisotopic (exact) mass is 258 g/mol. The summed E-state index contributed by atoms with van der Waals surface area (Å²) >= 11 is 6.09. The molecule has 0 saturated carbocycles. The molecule has 18 heavy (non-hydrogen) atoms. The molecule has 1 heterocycles. The molecule has 0 atom stereocenters. The molecule has 2 nitrogen and oxygen atoms in total. The minimum absolute atomic E-state index is 0.332. The van der Waals surface area contributed by atoms with Crippen LogP contribution in [0.1, 0.15) is 0 Å². The summed E-state index contributed by atoms with van der Waals surface area (Å²) in [6.07, 6.45) is 0. The third kappa shape index (κ3) is 1.93. The minimum Gasteiger partial charge on any atom is -0.228 e. The number of halogens is 2. The standard InChI is InChI=1S/C14H8ClFN2/c15-13-11-7-6-10(16)8-12(11)17-14(18-13)9-4-2-1-3-5-9/h1-8H. The Balaban J connectivity index is 2.27. The molecule has 3 aromatic rings. The predicted octanol–water partition coefficient (Wildman–Crippen LogP) is 4.09. The zero-order valence-electron chi connectivity index (χ0n) is 9.27. The van der Waals surface area contributed by atoms with Crippen molar-refractivity contribution in [2.24, 2.45) is 0 Å². The largest absolute Gasteiger partial charge is 0.228 e. The van der Waals surface area contributed by atoms with Crippen LogP contribution in [0.2, 0.25) is 5.15 Å². The van der Waals surface area contributed by atoms with Crippen LogP contribution in [0.5, 0.6) is 0 Å². The highest BCUT2D eigenvalue weighted by Crippen LogP contribution is 2.25. The Morgan fingerprint density at radius 2 is 1.72 bits per heavy atom. The second-order valence-corrected chi connectivity index (χ2v) is 4.22. The Morgan fingerprint density at radius 1 is 0.944 bits per heavy atom. The van der Waals surface area contributed by atoms with Gasteiger partial charge < -0.3 is 0 Å². The number of aromatic nitrogens is 2. The fourth-order valence-corrected chi connectivity index (χ4v) is 2.02. The highest BCUT2D eigenvalue weighted by molar-refractivity contribution is 6.34. The lowest BCUT2D eigenvalue weighted by Crippen LogP contribution is -1.92. The van der Waals surface area contributed by atoms with Crippen molar-refractivity contribution < 1.29 is 4.39 Å². The van der Waals surface area contributed by atoms with E-state index in [2.05, 4.69) is 9.97 Å². The zero-order valence-corrected chi connectivity index (χ0v) is 10.0. The molecule has 1 aromatic heterocycles. The molecule has 0 radical (unpaired) electrons. The molecule has 2 aromatic carbocycles. The molecular formula is C14H8ClFN2. The van der Waals surface area contributed by atoms with Gasteiger partial charge in [0, 0.05) is 17.0 Å². The quantitative estimate of drug-likeness (QED) is 0.615. The van der Waals surface area contributed by atoms with Crippen LogP contribution in [0.15, 0.2) is 48.5 Å². The zero-order chi connectivity index (χ0) is 12.5. The summed E-state index contributed by atoms with van der Waals surface area (Å²) in [5, 5.41) is 0.983. The number of nitrogens with zero attached hydrogens (tertiary/aromatic N) is 2. The van der Waals surface area contributed by atoms with Crippen molar-refractivity contribution in [1.82, 2.24) is 9.97 Å². The van der Waals surface area contributed by atoms with Gasteiger partial charge in [-0.2, -0.15) is 0 Å². The van der Waals surface area contributed by atoms with Crippen LogP contribution >= 0.6 is 11.6 Å². The van der Waals surface area contributed by atoms with Crippen LogP contribution in [-0.4, -0.2) is 9.97 Å². The Labute approximate surface area is 108 Å². The van der Waals surface area contributed by atoms with Gasteiger partial charge in [-0.1, -0.05) is 41.9 Å². The molecule has 0 fully saturated rings. The highest BCUT2D eigenvalue weighted by atomic mass is 35.5. The molecule has 0 N–H and O–H groups in total. The summed E-state index contributed by atoms with van der Waals surface area (Å²) in [7, 11) is 0. The molecule has 0 spiro atoms. The first kappa shape index (κ1) is 11.1. The average Bonchev–Trinajstić information content (AvgIpc) is 2.39. The van der Waals surface area contributed by atoms with E-state index >= 15 is 0 Å². The summed E-state index contributed by atoms with van der Waals surface area (Å²) in [5.74, 6) is 0.162. The number of benzene rings is 2. The van der Waals surface area contributed by atoms with Crippen molar-refractivity contribution in [1.29, 1.82) is 0 Å². The smallest absolute Gasteiger partial charge is 0.161 e. The van der Waals surface area contributed by atoms with Crippen molar-refractivity contribution in [3.63, 3.8) is 0 Å². The van der Waals surface area contributed by atoms with E-state index in [1.54, 1.807) is 6.07 Å². The minimum atomic E-state index is -0.337. The van der Waals surface area contributed by atoms with E-state index in [0.29, 0.717) is 21.9 Å². The number of hydrogen-bond acceptors (Lipinski definition) is 2. The van der Waals surface area contributed by atoms with E-state index < -0.39 is 0 Å². The van der Waals surface area contributed by atoms with Crippen molar-refractivity contribution in [3.8, 4) is 11.4 Å². The molecule has 0 aliphatic carbocycles. The average molecular weight is 259 g/mol. The summed E-state index contributed by atoms with van der Waals surface area (Å²) in [6, 6.07) is 13.8. The molecule has 3 rings (SSSR count). The predicted molar refractivity (Wildman–Crippen MR) is 69.9 cm³/mol. The van der Waals surface area contributed by atoms with Gasteiger partial charge in [0.25, 0.3) is 0 Å². The first-order valence-electron chi connectivity index (χ1n) is 5.42. The molecular weight excluding hydrogens is 251 g/mol. The van der Waals surface area contributed by atoms with Gasteiger partial charge in [0.2, 0.25) is 0 Å². The molecule has 88 valence electrons. The van der Waals surface area contributed by atoms with Gasteiger partial charge in [-0.3, -0.25) is 0 Å². The second kappa shape index (κ2) is 4.35. The third-order valence-corrected chi connectivity index (χ3v) is 2.93. The van der Waals surface area contributed by atoms with Crippen LogP contribution in [0, 0.1) is 5.82 Å². The Hall–Kier alpha value is -2.00. The van der Waals surface area contributed by atoms with Gasteiger partial charge in [0.15, 0.2) is 5.82 Å². The number of fused-ring (bicyclic) bond motifs is 1. The Morgan fingerprint density at radius 3 is 2.50 bits per heavy atom. The fraction of sp³-hybridized carbons (Fsp3) is 0. The maximum atomic E-state index is 13.2. The second-order valence-electron chi connectivity index (χ2n) is 3.87. The Bertz CT molecular complexity index is 714. The molecule has 0 saturated heterocycles. The van der Waals surface area contributed by atoms with E-state index in [4.69, 9.17) is 11.6 Å². The van der Waals surface area contributed by atoms with Crippen molar-refractivity contribution in [3.05, 3.63) is 59.5 Å². The van der Waals surface area contributed by atoms with E-state index in [9.17, 15) is 4.39 Å². The lowest BCUT2D eigenvalue weighted by Gasteiger charge is -2.04. The van der Waals surface area contributed by atoms with Gasteiger partial charge >= 0.3 is 0 Å². The SMILES string of the molecule is Fc1ccc2c(Cl)nc(-c3ccccc3)nc2c1. The molecule has 0 bridgehead atoms. The molecule has 0 aliphatic rings. The summed E-state index contributed by atoms with van der Waals surface area (Å²) in [6.45, 7) is 0. The highest BCUT2D eigenvalue weighted by Gasteiger charge is 2.08. The molecule has 0 unspecified atom stereocenters. The lowest BCUT2D eigenvalue weighted by molar-refractivity contribution is 0.629. The first-order valence-corrected chi connectivity index (χ1v) is 5.80. The van der Waals surface area contributed by atoms with Crippen LogP contribution in [0.3, 0.4) is 0 Å². The normalized spacial score (nSPS) is 10.8. The fourth-order valence-electron chi connectivity index (χ4n) is 1.78. The van der Waals surface area contributed by atoms with Crippen LogP contribution in [-0.2, 0) is 0 Å². The van der Waals surface area contributed by atoms with Gasteiger partial charge in [-0.25, -0.2) is 14.4 Å². The number of hydrogen-bond donors (Lipinski definition) is 0. The lowest BCUT2D eigenvalue weighted by atomic mass is 10.2. The first-order chi connectivity index (χ1) is 8.74. The van der Waals surface area contributed by atoms with Crippen molar-refractivity contribution in [2.45, 2.75) is 0 Å². The molecule has 4 heteroatoms. The van der Waals surface area contributed by atoms with Gasteiger partial charge in [0.05, 0.1) is 5.52 Å². The maximum absolute atomic E-state index is 13.2. The van der Waals surface area contributed by atoms with Crippen molar-refractivity contribution >= 4 is 22.5 Å². The third-order valence-electron chi connectivity index (χ3n) is 2.64. The van der Waals surface area contributed by atoms with Crippen molar-refractivity contribution in [2.75, 3.05) is 0 Å². The van der Waals surface area contributed by atoms with Gasteiger partial charge in [-0.05, 0) is 12.1 Å². The Kier molecular flexibility index (Phi) is 2.68. The van der Waals surface area contributed by atoms with E-state index in [1.807, 2.05) is 30.3 Å². The molecule has 0 amide bonds. The number of rotatable bonds is 1. The van der Waals surface area contributed by atoms with Gasteiger partial charge in [0.1, 0.15) is 11.0 Å². The van der Waals surface area contributed by atoms with Crippen LogP contribution in [0.4, 0.5) is 4.39 Å². The van der Waals surface area contributed by atoms with E-state index in [1.165, 1.54) is 12.1 Å². The van der Waals surface area contributed by atoms with Crippen LogP contribution in [0.25, 0.3) is 22.3 Å². The van der Waals surface area contributed by atoms with E-state index in [0.717, 1.165) is 5.56 Å². The summed E-state index contributed by atoms with van der Waals surface area (Å²) in [4.78, 5) is 8.56. The maximum Gasteiger partial charge on any atom is 0.161 e. The van der Waals surface area contributed by atoms with Gasteiger partial charge in [-0.15, -0.1) is 0 Å². The summed E-state index contributed by atoms with van der Waals surface area (Å²) < 4.78 is 13.2. The van der Waals surface area contributed by atoms with E-state index in [-0.39, 0.29) is 5.82 Å². The summed E-state index contributed by atoms with van der Waals surface area (Å²) in [5.41, 5.74) is 1.36. The topological polar surface area (TPSA) is 25.8 Å². The van der Waals surface area contributed by atoms with Crippen LogP contribution < -0.4 is 0 Å². The molecule has 0 aliphatic heterocycles.